The van der Waals surface area contributed by atoms with E-state index in [1.54, 1.807) is 19.1 Å². The molecule has 160 valence electrons. The zero-order chi connectivity index (χ0) is 22.0. The van der Waals surface area contributed by atoms with Crippen LogP contribution in [0.5, 0.6) is 0 Å². The van der Waals surface area contributed by atoms with Crippen molar-refractivity contribution in [2.24, 2.45) is 0 Å². The number of carbonyl (C=O) groups excluding carboxylic acids is 2. The van der Waals surface area contributed by atoms with Crippen LogP contribution in [0.4, 0.5) is 4.79 Å². The Morgan fingerprint density at radius 2 is 1.77 bits per heavy atom. The number of fused-ring (bicyclic) bond motifs is 1. The van der Waals surface area contributed by atoms with Crippen LogP contribution in [0.25, 0.3) is 10.8 Å². The van der Waals surface area contributed by atoms with Crippen molar-refractivity contribution < 1.29 is 19.4 Å². The fourth-order valence-electron chi connectivity index (χ4n) is 3.72. The van der Waals surface area contributed by atoms with E-state index >= 15 is 0 Å². The van der Waals surface area contributed by atoms with Gasteiger partial charge in [0.25, 0.3) is 5.91 Å². The molecule has 31 heavy (non-hydrogen) atoms. The average molecular weight is 439 g/mol. The Morgan fingerprint density at radius 1 is 1.06 bits per heavy atom. The quantitative estimate of drug-likeness (QED) is 0.549. The number of benzene rings is 3. The van der Waals surface area contributed by atoms with Crippen molar-refractivity contribution in [1.29, 1.82) is 0 Å². The molecular formula is C24H23ClN2O4. The van der Waals surface area contributed by atoms with Gasteiger partial charge in [-0.15, -0.1) is 0 Å². The lowest BCUT2D eigenvalue weighted by Crippen LogP contribution is -2.42. The molecule has 0 bridgehead atoms. The van der Waals surface area contributed by atoms with E-state index in [4.69, 9.17) is 16.3 Å². The minimum absolute atomic E-state index is 0.00756. The second-order valence-corrected chi connectivity index (χ2v) is 8.26. The van der Waals surface area contributed by atoms with Gasteiger partial charge in [0, 0.05) is 5.02 Å². The summed E-state index contributed by atoms with van der Waals surface area (Å²) in [6, 6.07) is 20.2. The van der Waals surface area contributed by atoms with Crippen molar-refractivity contribution in [3.63, 3.8) is 0 Å². The highest BCUT2D eigenvalue weighted by Gasteiger charge is 2.49. The normalized spacial score (nSPS) is 19.6. The van der Waals surface area contributed by atoms with Gasteiger partial charge in [0.05, 0.1) is 25.9 Å². The highest BCUT2D eigenvalue weighted by Crippen LogP contribution is 2.31. The van der Waals surface area contributed by atoms with Crippen molar-refractivity contribution >= 4 is 34.3 Å². The zero-order valence-corrected chi connectivity index (χ0v) is 17.8. The Hall–Kier alpha value is -2.93. The summed E-state index contributed by atoms with van der Waals surface area (Å²) in [6.45, 7) is 1.82. The van der Waals surface area contributed by atoms with Gasteiger partial charge in [0.1, 0.15) is 5.54 Å². The number of nitrogens with one attached hydrogen (secondary N) is 1. The second kappa shape index (κ2) is 8.67. The molecule has 0 radical (unpaired) electrons. The number of halogens is 1. The van der Waals surface area contributed by atoms with Gasteiger partial charge in [-0.2, -0.15) is 0 Å². The lowest BCUT2D eigenvalue weighted by Gasteiger charge is -2.23. The standard InChI is InChI=1S/C24H23ClN2O4/c1-24(19-9-8-17-4-2-3-5-18(17)12-19)22(29)27(23(30)26-24)13-21(28)15-31-14-16-6-10-20(25)11-7-16/h2-12,21,28H,13-15H2,1H3,(H,26,30). The first-order valence-electron chi connectivity index (χ1n) is 10.0. The lowest BCUT2D eigenvalue weighted by molar-refractivity contribution is -0.132. The number of carbonyl (C=O) groups is 2. The molecule has 6 nitrogen and oxygen atoms in total. The molecule has 4 rings (SSSR count). The number of hydrogen-bond acceptors (Lipinski definition) is 4. The minimum atomic E-state index is -1.19. The molecule has 1 aliphatic heterocycles. The van der Waals surface area contributed by atoms with E-state index in [1.807, 2.05) is 54.6 Å². The second-order valence-electron chi connectivity index (χ2n) is 7.83. The number of β-amino-alcohol motifs (C(OH)–C–C–N with tert-alkyl or cyclic N) is 1. The SMILES string of the molecule is CC1(c2ccc3ccccc3c2)NC(=O)N(CC(O)COCc2ccc(Cl)cc2)C1=O. The third-order valence-electron chi connectivity index (χ3n) is 5.49. The molecule has 2 N–H and O–H groups in total. The lowest BCUT2D eigenvalue weighted by atomic mass is 9.90. The summed E-state index contributed by atoms with van der Waals surface area (Å²) in [5.41, 5.74) is 0.418. The summed E-state index contributed by atoms with van der Waals surface area (Å²) < 4.78 is 5.52. The summed E-state index contributed by atoms with van der Waals surface area (Å²) in [4.78, 5) is 26.7. The smallest absolute Gasteiger partial charge is 0.325 e. The van der Waals surface area contributed by atoms with Gasteiger partial charge in [-0.25, -0.2) is 4.79 Å². The van der Waals surface area contributed by atoms with Crippen LogP contribution in [0.1, 0.15) is 18.1 Å². The van der Waals surface area contributed by atoms with Crippen molar-refractivity contribution in [3.05, 3.63) is 82.9 Å². The fraction of sp³-hybridized carbons (Fsp3) is 0.250. The number of imide groups is 1. The topological polar surface area (TPSA) is 78.9 Å². The van der Waals surface area contributed by atoms with Gasteiger partial charge in [-0.1, -0.05) is 60.1 Å². The molecule has 1 saturated heterocycles. The molecule has 3 amide bonds. The molecule has 0 spiro atoms. The number of urea groups is 1. The Kier molecular flexibility index (Phi) is 5.96. The van der Waals surface area contributed by atoms with E-state index in [0.29, 0.717) is 17.2 Å². The summed E-state index contributed by atoms with van der Waals surface area (Å²) >= 11 is 5.86. The highest BCUT2D eigenvalue weighted by molar-refractivity contribution is 6.30. The molecule has 0 aliphatic carbocycles. The minimum Gasteiger partial charge on any atom is -0.389 e. The van der Waals surface area contributed by atoms with Gasteiger partial charge < -0.3 is 15.2 Å². The van der Waals surface area contributed by atoms with Crippen LogP contribution in [-0.2, 0) is 21.7 Å². The first-order valence-corrected chi connectivity index (χ1v) is 10.4. The maximum absolute atomic E-state index is 13.1. The Balaban J connectivity index is 1.40. The first-order chi connectivity index (χ1) is 14.9. The molecule has 0 aromatic heterocycles. The van der Waals surface area contributed by atoms with E-state index in [9.17, 15) is 14.7 Å². The maximum atomic E-state index is 13.1. The number of aliphatic hydroxyl groups is 1. The summed E-state index contributed by atoms with van der Waals surface area (Å²) in [7, 11) is 0. The molecule has 2 unspecified atom stereocenters. The number of rotatable bonds is 7. The van der Waals surface area contributed by atoms with Crippen LogP contribution in [0, 0.1) is 0 Å². The Labute approximate surface area is 185 Å². The van der Waals surface area contributed by atoms with Crippen molar-refractivity contribution in [1.82, 2.24) is 10.2 Å². The highest BCUT2D eigenvalue weighted by atomic mass is 35.5. The van der Waals surface area contributed by atoms with Crippen molar-refractivity contribution in [3.8, 4) is 0 Å². The van der Waals surface area contributed by atoms with Gasteiger partial charge in [-0.3, -0.25) is 9.69 Å². The van der Waals surface area contributed by atoms with Crippen LogP contribution in [0.2, 0.25) is 5.02 Å². The number of ether oxygens (including phenoxy) is 1. The van der Waals surface area contributed by atoms with Gasteiger partial charge in [-0.05, 0) is 47.0 Å². The molecule has 7 heteroatoms. The van der Waals surface area contributed by atoms with Gasteiger partial charge >= 0.3 is 6.03 Å². The number of hydrogen-bond donors (Lipinski definition) is 2. The monoisotopic (exact) mass is 438 g/mol. The van der Waals surface area contributed by atoms with Gasteiger partial charge in [0.15, 0.2) is 0 Å². The molecule has 1 fully saturated rings. The summed E-state index contributed by atoms with van der Waals surface area (Å²) in [5.74, 6) is -0.399. The summed E-state index contributed by atoms with van der Waals surface area (Å²) in [5, 5.41) is 15.8. The van der Waals surface area contributed by atoms with Crippen molar-refractivity contribution in [2.45, 2.75) is 25.2 Å². The predicted molar refractivity (Wildman–Crippen MR) is 119 cm³/mol. The third-order valence-corrected chi connectivity index (χ3v) is 5.74. The van der Waals surface area contributed by atoms with Crippen LogP contribution in [0.15, 0.2) is 66.7 Å². The number of amides is 3. The maximum Gasteiger partial charge on any atom is 0.325 e. The van der Waals surface area contributed by atoms with Gasteiger partial charge in [0.2, 0.25) is 0 Å². The molecular weight excluding hydrogens is 416 g/mol. The van der Waals surface area contributed by atoms with E-state index in [2.05, 4.69) is 5.32 Å². The number of nitrogens with zero attached hydrogens (tertiary/aromatic N) is 1. The first kappa shape index (κ1) is 21.3. The Bertz CT molecular complexity index is 1120. The summed E-state index contributed by atoms with van der Waals surface area (Å²) in [6.07, 6.45) is -0.999. The van der Waals surface area contributed by atoms with Crippen LogP contribution in [-0.4, -0.2) is 41.2 Å². The molecule has 3 aromatic carbocycles. The zero-order valence-electron chi connectivity index (χ0n) is 17.0. The predicted octanol–water partition coefficient (Wildman–Crippen LogP) is 3.84. The van der Waals surface area contributed by atoms with E-state index in [1.165, 1.54) is 0 Å². The Morgan fingerprint density at radius 3 is 2.52 bits per heavy atom. The van der Waals surface area contributed by atoms with Crippen LogP contribution >= 0.6 is 11.6 Å². The molecule has 2 atom stereocenters. The molecule has 0 saturated carbocycles. The van der Waals surface area contributed by atoms with E-state index in [0.717, 1.165) is 21.2 Å². The third kappa shape index (κ3) is 4.42. The van der Waals surface area contributed by atoms with Crippen LogP contribution in [0.3, 0.4) is 0 Å². The molecule has 1 aliphatic rings. The van der Waals surface area contributed by atoms with E-state index in [-0.39, 0.29) is 13.2 Å². The average Bonchev–Trinajstić information content (AvgIpc) is 2.98. The van der Waals surface area contributed by atoms with Crippen molar-refractivity contribution in [2.75, 3.05) is 13.2 Å². The number of aliphatic hydroxyl groups excluding tert-OH is 1. The van der Waals surface area contributed by atoms with E-state index < -0.39 is 23.6 Å². The largest absolute Gasteiger partial charge is 0.389 e. The fourth-order valence-corrected chi connectivity index (χ4v) is 3.84. The van der Waals surface area contributed by atoms with Crippen LogP contribution < -0.4 is 5.32 Å². The molecule has 3 aromatic rings. The molecule has 1 heterocycles.